The third-order valence-electron chi connectivity index (χ3n) is 2.31. The predicted molar refractivity (Wildman–Crippen MR) is 53.3 cm³/mol. The number of nitrogens with zero attached hydrogens (tertiary/aromatic N) is 2. The molecule has 0 saturated heterocycles. The van der Waals surface area contributed by atoms with Crippen molar-refractivity contribution in [3.63, 3.8) is 0 Å². The van der Waals surface area contributed by atoms with Gasteiger partial charge in [0.15, 0.2) is 0 Å². The van der Waals surface area contributed by atoms with Crippen LogP contribution in [0.25, 0.3) is 0 Å². The van der Waals surface area contributed by atoms with Gasteiger partial charge in [0.1, 0.15) is 5.82 Å². The Balaban J connectivity index is 2.70. The minimum atomic E-state index is -0.0712. The van der Waals surface area contributed by atoms with E-state index in [2.05, 4.69) is 9.55 Å². The number of thioether (sulfide) groups is 1. The molecular formula is C9H12N2OS. The zero-order valence-corrected chi connectivity index (χ0v) is 8.65. The van der Waals surface area contributed by atoms with E-state index in [0.29, 0.717) is 0 Å². The Bertz CT molecular complexity index is 397. The van der Waals surface area contributed by atoms with Crippen LogP contribution in [0, 0.1) is 13.8 Å². The van der Waals surface area contributed by atoms with Crippen LogP contribution < -0.4 is 5.56 Å². The highest BCUT2D eigenvalue weighted by Crippen LogP contribution is 2.26. The van der Waals surface area contributed by atoms with Crippen molar-refractivity contribution in [3.8, 4) is 0 Å². The fourth-order valence-electron chi connectivity index (χ4n) is 1.57. The molecule has 3 nitrogen and oxygen atoms in total. The van der Waals surface area contributed by atoms with Crippen molar-refractivity contribution in [1.82, 2.24) is 9.55 Å². The van der Waals surface area contributed by atoms with Gasteiger partial charge in [-0.05, 0) is 20.3 Å². The topological polar surface area (TPSA) is 34.9 Å². The minimum Gasteiger partial charge on any atom is -0.324 e. The highest BCUT2D eigenvalue weighted by atomic mass is 32.2. The minimum absolute atomic E-state index is 0.0712. The molecular weight excluding hydrogens is 184 g/mol. The lowest BCUT2D eigenvalue weighted by atomic mass is 10.3. The molecule has 0 radical (unpaired) electrons. The van der Waals surface area contributed by atoms with Crippen LogP contribution in [-0.4, -0.2) is 15.3 Å². The van der Waals surface area contributed by atoms with Crippen molar-refractivity contribution in [2.24, 2.45) is 0 Å². The molecule has 0 unspecified atom stereocenters. The molecule has 2 rings (SSSR count). The molecule has 0 bridgehead atoms. The Morgan fingerprint density at radius 3 is 3.00 bits per heavy atom. The monoisotopic (exact) mass is 196 g/mol. The first-order valence-corrected chi connectivity index (χ1v) is 5.39. The second-order valence-corrected chi connectivity index (χ2v) is 4.33. The van der Waals surface area contributed by atoms with Gasteiger partial charge in [-0.3, -0.25) is 4.79 Å². The van der Waals surface area contributed by atoms with E-state index in [9.17, 15) is 4.79 Å². The van der Waals surface area contributed by atoms with Crippen molar-refractivity contribution < 1.29 is 0 Å². The average molecular weight is 196 g/mol. The van der Waals surface area contributed by atoms with E-state index >= 15 is 0 Å². The van der Waals surface area contributed by atoms with Crippen molar-refractivity contribution in [2.75, 3.05) is 5.75 Å². The second kappa shape index (κ2) is 3.18. The number of aryl methyl sites for hydroxylation is 1. The SMILES string of the molecule is Cc1c2n(c(C)nc1=O)CCCS2. The molecule has 0 saturated carbocycles. The third-order valence-corrected chi connectivity index (χ3v) is 3.60. The second-order valence-electron chi connectivity index (χ2n) is 3.25. The van der Waals surface area contributed by atoms with E-state index in [0.717, 1.165) is 28.7 Å². The van der Waals surface area contributed by atoms with Crippen LogP contribution in [-0.2, 0) is 6.54 Å². The van der Waals surface area contributed by atoms with Gasteiger partial charge in [-0.15, -0.1) is 11.8 Å². The standard InChI is InChI=1S/C9H12N2OS/c1-6-8(12)10-7(2)11-4-3-5-13-9(6)11/h3-5H2,1-2H3. The van der Waals surface area contributed by atoms with Crippen LogP contribution in [0.15, 0.2) is 9.82 Å². The quantitative estimate of drug-likeness (QED) is 0.588. The maximum Gasteiger partial charge on any atom is 0.276 e. The van der Waals surface area contributed by atoms with E-state index in [4.69, 9.17) is 0 Å². The van der Waals surface area contributed by atoms with Gasteiger partial charge in [-0.25, -0.2) is 0 Å². The summed E-state index contributed by atoms with van der Waals surface area (Å²) in [6.45, 7) is 4.76. The van der Waals surface area contributed by atoms with Crippen LogP contribution in [0.1, 0.15) is 17.8 Å². The van der Waals surface area contributed by atoms with Crippen molar-refractivity contribution in [2.45, 2.75) is 31.8 Å². The summed E-state index contributed by atoms with van der Waals surface area (Å²) >= 11 is 1.77. The third kappa shape index (κ3) is 1.39. The number of aromatic nitrogens is 2. The molecule has 1 aromatic rings. The van der Waals surface area contributed by atoms with Gasteiger partial charge in [0.05, 0.1) is 5.03 Å². The fraction of sp³-hybridized carbons (Fsp3) is 0.556. The van der Waals surface area contributed by atoms with Gasteiger partial charge in [0.25, 0.3) is 5.56 Å². The Kier molecular flexibility index (Phi) is 2.15. The maximum atomic E-state index is 11.4. The first kappa shape index (κ1) is 8.81. The smallest absolute Gasteiger partial charge is 0.276 e. The first-order valence-electron chi connectivity index (χ1n) is 4.41. The van der Waals surface area contributed by atoms with Crippen LogP contribution in [0.4, 0.5) is 0 Å². The van der Waals surface area contributed by atoms with Gasteiger partial charge < -0.3 is 4.57 Å². The number of fused-ring (bicyclic) bond motifs is 1. The summed E-state index contributed by atoms with van der Waals surface area (Å²) < 4.78 is 2.14. The molecule has 2 heterocycles. The van der Waals surface area contributed by atoms with Gasteiger partial charge in [-0.1, -0.05) is 0 Å². The average Bonchev–Trinajstić information content (AvgIpc) is 2.15. The van der Waals surface area contributed by atoms with E-state index in [1.54, 1.807) is 11.8 Å². The molecule has 0 spiro atoms. The highest BCUT2D eigenvalue weighted by molar-refractivity contribution is 7.99. The maximum absolute atomic E-state index is 11.4. The summed E-state index contributed by atoms with van der Waals surface area (Å²) in [6, 6.07) is 0. The number of rotatable bonds is 0. The number of hydrogen-bond acceptors (Lipinski definition) is 3. The van der Waals surface area contributed by atoms with Crippen LogP contribution in [0.2, 0.25) is 0 Å². The predicted octanol–water partition coefficient (Wildman–Crippen LogP) is 1.36. The Morgan fingerprint density at radius 1 is 1.46 bits per heavy atom. The summed E-state index contributed by atoms with van der Waals surface area (Å²) in [7, 11) is 0. The van der Waals surface area contributed by atoms with Gasteiger partial charge in [0.2, 0.25) is 0 Å². The molecule has 4 heteroatoms. The van der Waals surface area contributed by atoms with Crippen LogP contribution >= 0.6 is 11.8 Å². The summed E-state index contributed by atoms with van der Waals surface area (Å²) in [6.07, 6.45) is 1.17. The Hall–Kier alpha value is -0.770. The van der Waals surface area contributed by atoms with Gasteiger partial charge >= 0.3 is 0 Å². The molecule has 13 heavy (non-hydrogen) atoms. The van der Waals surface area contributed by atoms with E-state index in [1.165, 1.54) is 6.42 Å². The van der Waals surface area contributed by atoms with E-state index < -0.39 is 0 Å². The van der Waals surface area contributed by atoms with Gasteiger partial charge in [-0.2, -0.15) is 4.98 Å². The van der Waals surface area contributed by atoms with Gasteiger partial charge in [0, 0.05) is 17.9 Å². The van der Waals surface area contributed by atoms with E-state index in [1.807, 2.05) is 13.8 Å². The molecule has 0 fully saturated rings. The highest BCUT2D eigenvalue weighted by Gasteiger charge is 2.15. The molecule has 1 aliphatic rings. The number of hydrogen-bond donors (Lipinski definition) is 0. The zero-order chi connectivity index (χ0) is 9.42. The molecule has 1 aliphatic heterocycles. The Morgan fingerprint density at radius 2 is 2.23 bits per heavy atom. The molecule has 70 valence electrons. The van der Waals surface area contributed by atoms with Crippen molar-refractivity contribution in [3.05, 3.63) is 21.7 Å². The lowest BCUT2D eigenvalue weighted by Crippen LogP contribution is -2.23. The fourth-order valence-corrected chi connectivity index (χ4v) is 2.72. The van der Waals surface area contributed by atoms with Crippen LogP contribution in [0.5, 0.6) is 0 Å². The molecule has 0 N–H and O–H groups in total. The Labute approximate surface area is 81.2 Å². The summed E-state index contributed by atoms with van der Waals surface area (Å²) in [4.78, 5) is 15.4. The normalized spacial score (nSPS) is 15.5. The first-order chi connectivity index (χ1) is 6.20. The zero-order valence-electron chi connectivity index (χ0n) is 7.83. The molecule has 0 amide bonds. The summed E-state index contributed by atoms with van der Waals surface area (Å²) in [5, 5.41) is 1.11. The van der Waals surface area contributed by atoms with E-state index in [-0.39, 0.29) is 5.56 Å². The molecule has 0 aliphatic carbocycles. The molecule has 1 aromatic heterocycles. The summed E-state index contributed by atoms with van der Waals surface area (Å²) in [5.74, 6) is 1.96. The largest absolute Gasteiger partial charge is 0.324 e. The summed E-state index contributed by atoms with van der Waals surface area (Å²) in [5.41, 5.74) is 0.730. The van der Waals surface area contributed by atoms with Crippen molar-refractivity contribution in [1.29, 1.82) is 0 Å². The molecule has 0 aromatic carbocycles. The lowest BCUT2D eigenvalue weighted by molar-refractivity contribution is 0.565. The molecule has 0 atom stereocenters. The van der Waals surface area contributed by atoms with Crippen molar-refractivity contribution >= 4 is 11.8 Å². The van der Waals surface area contributed by atoms with Crippen LogP contribution in [0.3, 0.4) is 0 Å². The lowest BCUT2D eigenvalue weighted by Gasteiger charge is -2.21.